The van der Waals surface area contributed by atoms with Crippen LogP contribution < -0.4 is 16.0 Å². The summed E-state index contributed by atoms with van der Waals surface area (Å²) in [7, 11) is 1.57. The molecule has 2 rings (SSSR count). The average Bonchev–Trinajstić information content (AvgIpc) is 2.59. The first-order chi connectivity index (χ1) is 11.5. The Kier molecular flexibility index (Phi) is 5.95. The summed E-state index contributed by atoms with van der Waals surface area (Å²) in [4.78, 5) is 23.8. The summed E-state index contributed by atoms with van der Waals surface area (Å²) in [5, 5.41) is 8.53. The Bertz CT molecular complexity index is 726. The molecule has 0 radical (unpaired) electrons. The number of nitrogens with one attached hydrogen (secondary N) is 3. The molecular weight excluding hydrogens is 302 g/mol. The van der Waals surface area contributed by atoms with Gasteiger partial charge in [0.15, 0.2) is 0 Å². The average molecular weight is 325 g/mol. The van der Waals surface area contributed by atoms with Crippen LogP contribution in [0.15, 0.2) is 48.5 Å². The van der Waals surface area contributed by atoms with Gasteiger partial charge in [0.25, 0.3) is 5.91 Å². The van der Waals surface area contributed by atoms with Crippen molar-refractivity contribution in [2.45, 2.75) is 19.8 Å². The van der Waals surface area contributed by atoms with E-state index in [0.29, 0.717) is 17.2 Å². The second-order valence-corrected chi connectivity index (χ2v) is 5.80. The van der Waals surface area contributed by atoms with E-state index in [2.05, 4.69) is 35.9 Å². The van der Waals surface area contributed by atoms with Crippen LogP contribution in [0.3, 0.4) is 0 Å². The van der Waals surface area contributed by atoms with Gasteiger partial charge in [-0.2, -0.15) is 0 Å². The Labute approximate surface area is 142 Å². The zero-order valence-electron chi connectivity index (χ0n) is 14.2. The van der Waals surface area contributed by atoms with E-state index in [-0.39, 0.29) is 18.4 Å². The van der Waals surface area contributed by atoms with Crippen molar-refractivity contribution < 1.29 is 9.59 Å². The number of anilines is 2. The van der Waals surface area contributed by atoms with Gasteiger partial charge in [-0.05, 0) is 35.7 Å². The first-order valence-corrected chi connectivity index (χ1v) is 7.96. The molecule has 0 atom stereocenters. The van der Waals surface area contributed by atoms with E-state index in [9.17, 15) is 9.59 Å². The molecule has 0 aliphatic heterocycles. The number of benzene rings is 2. The normalized spacial score (nSPS) is 10.3. The third-order valence-electron chi connectivity index (χ3n) is 3.66. The number of amides is 2. The van der Waals surface area contributed by atoms with Crippen molar-refractivity contribution >= 4 is 23.2 Å². The monoisotopic (exact) mass is 325 g/mol. The fourth-order valence-electron chi connectivity index (χ4n) is 2.42. The van der Waals surface area contributed by atoms with Crippen LogP contribution >= 0.6 is 0 Å². The topological polar surface area (TPSA) is 70.2 Å². The molecule has 0 spiro atoms. The predicted molar refractivity (Wildman–Crippen MR) is 97.5 cm³/mol. The van der Waals surface area contributed by atoms with Gasteiger partial charge in [-0.15, -0.1) is 0 Å². The van der Waals surface area contributed by atoms with Crippen molar-refractivity contribution in [3.8, 4) is 0 Å². The Morgan fingerprint density at radius 1 is 1.04 bits per heavy atom. The molecule has 0 heterocycles. The lowest BCUT2D eigenvalue weighted by molar-refractivity contribution is -0.114. The van der Waals surface area contributed by atoms with E-state index in [0.717, 1.165) is 5.69 Å². The van der Waals surface area contributed by atoms with Crippen molar-refractivity contribution in [2.24, 2.45) is 0 Å². The molecule has 0 aromatic heterocycles. The summed E-state index contributed by atoms with van der Waals surface area (Å²) in [6.45, 7) is 4.39. The van der Waals surface area contributed by atoms with Crippen molar-refractivity contribution in [1.29, 1.82) is 0 Å². The maximum absolute atomic E-state index is 12.1. The molecule has 5 nitrogen and oxygen atoms in total. The van der Waals surface area contributed by atoms with Crippen LogP contribution in [0.5, 0.6) is 0 Å². The zero-order chi connectivity index (χ0) is 17.5. The van der Waals surface area contributed by atoms with E-state index in [1.54, 1.807) is 31.3 Å². The minimum Gasteiger partial charge on any atom is -0.376 e. The van der Waals surface area contributed by atoms with Crippen molar-refractivity contribution in [3.05, 3.63) is 59.7 Å². The summed E-state index contributed by atoms with van der Waals surface area (Å²) in [6.07, 6.45) is 0. The van der Waals surface area contributed by atoms with Gasteiger partial charge in [-0.3, -0.25) is 9.59 Å². The standard InChI is InChI=1S/C19H23N3O2/c1-13(2)16-9-4-5-10-17(16)21-12-18(23)22-15-8-6-7-14(11-15)19(24)20-3/h4-11,13,21H,12H2,1-3H3,(H,20,24)(H,22,23). The van der Waals surface area contributed by atoms with Crippen molar-refractivity contribution in [3.63, 3.8) is 0 Å². The lowest BCUT2D eigenvalue weighted by Gasteiger charge is -2.14. The molecule has 0 bridgehead atoms. The highest BCUT2D eigenvalue weighted by molar-refractivity contribution is 5.98. The van der Waals surface area contributed by atoms with Crippen LogP contribution in [0.25, 0.3) is 0 Å². The predicted octanol–water partition coefficient (Wildman–Crippen LogP) is 3.22. The third-order valence-corrected chi connectivity index (χ3v) is 3.66. The summed E-state index contributed by atoms with van der Waals surface area (Å²) in [5.74, 6) is 0.0266. The van der Waals surface area contributed by atoms with Gasteiger partial charge in [-0.1, -0.05) is 38.1 Å². The first kappa shape index (κ1) is 17.5. The molecule has 0 aliphatic carbocycles. The fourth-order valence-corrected chi connectivity index (χ4v) is 2.42. The zero-order valence-corrected chi connectivity index (χ0v) is 14.2. The van der Waals surface area contributed by atoms with Crippen LogP contribution in [0.2, 0.25) is 0 Å². The lowest BCUT2D eigenvalue weighted by Crippen LogP contribution is -2.23. The van der Waals surface area contributed by atoms with Gasteiger partial charge in [-0.25, -0.2) is 0 Å². The number of para-hydroxylation sites is 1. The van der Waals surface area contributed by atoms with E-state index < -0.39 is 0 Å². The molecule has 126 valence electrons. The quantitative estimate of drug-likeness (QED) is 0.764. The summed E-state index contributed by atoms with van der Waals surface area (Å²) in [6, 6.07) is 14.8. The molecule has 0 aliphatic rings. The molecule has 2 aromatic rings. The highest BCUT2D eigenvalue weighted by Gasteiger charge is 2.09. The minimum atomic E-state index is -0.185. The van der Waals surface area contributed by atoms with Crippen LogP contribution in [0.4, 0.5) is 11.4 Å². The smallest absolute Gasteiger partial charge is 0.251 e. The second kappa shape index (κ2) is 8.15. The number of rotatable bonds is 6. The Hall–Kier alpha value is -2.82. The molecule has 24 heavy (non-hydrogen) atoms. The molecule has 0 fully saturated rings. The number of hydrogen-bond acceptors (Lipinski definition) is 3. The Morgan fingerprint density at radius 3 is 2.50 bits per heavy atom. The maximum atomic E-state index is 12.1. The maximum Gasteiger partial charge on any atom is 0.251 e. The fraction of sp³-hybridized carbons (Fsp3) is 0.263. The Morgan fingerprint density at radius 2 is 1.79 bits per heavy atom. The van der Waals surface area contributed by atoms with Gasteiger partial charge >= 0.3 is 0 Å². The third kappa shape index (κ3) is 4.59. The first-order valence-electron chi connectivity index (χ1n) is 7.96. The van der Waals surface area contributed by atoms with Crippen LogP contribution in [-0.4, -0.2) is 25.4 Å². The van der Waals surface area contributed by atoms with Gasteiger partial charge in [0.2, 0.25) is 5.91 Å². The summed E-state index contributed by atoms with van der Waals surface area (Å²) < 4.78 is 0. The molecule has 3 N–H and O–H groups in total. The van der Waals surface area contributed by atoms with Gasteiger partial charge < -0.3 is 16.0 Å². The molecule has 2 aromatic carbocycles. The Balaban J connectivity index is 1.98. The van der Waals surface area contributed by atoms with Crippen LogP contribution in [-0.2, 0) is 4.79 Å². The molecule has 0 saturated carbocycles. The van der Waals surface area contributed by atoms with Crippen LogP contribution in [0, 0.1) is 0 Å². The molecule has 2 amide bonds. The number of hydrogen-bond donors (Lipinski definition) is 3. The van der Waals surface area contributed by atoms with E-state index in [4.69, 9.17) is 0 Å². The van der Waals surface area contributed by atoms with E-state index in [1.165, 1.54) is 5.56 Å². The molecule has 5 heteroatoms. The summed E-state index contributed by atoms with van der Waals surface area (Å²) in [5.41, 5.74) is 3.24. The summed E-state index contributed by atoms with van der Waals surface area (Å²) >= 11 is 0. The second-order valence-electron chi connectivity index (χ2n) is 5.80. The molecule has 0 unspecified atom stereocenters. The van der Waals surface area contributed by atoms with Crippen molar-refractivity contribution in [1.82, 2.24) is 5.32 Å². The van der Waals surface area contributed by atoms with Gasteiger partial charge in [0, 0.05) is 24.0 Å². The lowest BCUT2D eigenvalue weighted by atomic mass is 10.0. The van der Waals surface area contributed by atoms with Crippen molar-refractivity contribution in [2.75, 3.05) is 24.2 Å². The molecule has 0 saturated heterocycles. The minimum absolute atomic E-state index is 0.161. The van der Waals surface area contributed by atoms with Gasteiger partial charge in [0.05, 0.1) is 6.54 Å². The SMILES string of the molecule is CNC(=O)c1cccc(NC(=O)CNc2ccccc2C(C)C)c1. The van der Waals surface area contributed by atoms with Gasteiger partial charge in [0.1, 0.15) is 0 Å². The van der Waals surface area contributed by atoms with E-state index >= 15 is 0 Å². The molecular formula is C19H23N3O2. The highest BCUT2D eigenvalue weighted by atomic mass is 16.2. The number of carbonyl (C=O) groups excluding carboxylic acids is 2. The largest absolute Gasteiger partial charge is 0.376 e. The van der Waals surface area contributed by atoms with Crippen LogP contribution in [0.1, 0.15) is 35.7 Å². The van der Waals surface area contributed by atoms with E-state index in [1.807, 2.05) is 18.2 Å². The number of carbonyl (C=O) groups is 2. The highest BCUT2D eigenvalue weighted by Crippen LogP contribution is 2.23.